The fourth-order valence-corrected chi connectivity index (χ4v) is 2.13. The van der Waals surface area contributed by atoms with E-state index < -0.39 is 0 Å². The number of anilines is 2. The van der Waals surface area contributed by atoms with Gasteiger partial charge < -0.3 is 20.4 Å². The Morgan fingerprint density at radius 3 is 2.71 bits per heavy atom. The molecular weight excluding hydrogens is 268 g/mol. The molecule has 0 unspecified atom stereocenters. The first-order chi connectivity index (χ1) is 10.0. The molecular formula is C15H20N4O2. The number of hydrogen-bond donors (Lipinski definition) is 2. The van der Waals surface area contributed by atoms with Crippen molar-refractivity contribution in [2.24, 2.45) is 0 Å². The first-order valence-electron chi connectivity index (χ1n) is 6.76. The topological polar surface area (TPSA) is 84.2 Å². The molecule has 0 bridgehead atoms. The number of ether oxygens (including phenoxy) is 1. The first-order valence-corrected chi connectivity index (χ1v) is 6.76. The summed E-state index contributed by atoms with van der Waals surface area (Å²) in [4.78, 5) is 20.6. The summed E-state index contributed by atoms with van der Waals surface area (Å²) in [5.74, 6) is 0.722. The Bertz CT molecular complexity index is 667. The zero-order valence-corrected chi connectivity index (χ0v) is 12.5. The van der Waals surface area contributed by atoms with Crippen LogP contribution in [0.5, 0.6) is 5.75 Å². The van der Waals surface area contributed by atoms with Crippen LogP contribution in [0.4, 0.5) is 11.5 Å². The SMILES string of the molecule is COc1c(N(Cc2ccccc2N)C(C)C)nc[nH]c1=O. The van der Waals surface area contributed by atoms with Gasteiger partial charge >= 0.3 is 0 Å². The van der Waals surface area contributed by atoms with Gasteiger partial charge in [-0.2, -0.15) is 0 Å². The predicted molar refractivity (Wildman–Crippen MR) is 83.6 cm³/mol. The number of nitrogen functional groups attached to an aromatic ring is 1. The van der Waals surface area contributed by atoms with E-state index in [-0.39, 0.29) is 17.4 Å². The molecule has 2 aromatic rings. The van der Waals surface area contributed by atoms with Crippen molar-refractivity contribution in [3.8, 4) is 5.75 Å². The summed E-state index contributed by atoms with van der Waals surface area (Å²) < 4.78 is 5.20. The van der Waals surface area contributed by atoms with Gasteiger partial charge in [0.05, 0.1) is 13.4 Å². The fraction of sp³-hybridized carbons (Fsp3) is 0.333. The summed E-state index contributed by atoms with van der Waals surface area (Å²) in [5, 5.41) is 0. The predicted octanol–water partition coefficient (Wildman–Crippen LogP) is 1.78. The largest absolute Gasteiger partial charge is 0.489 e. The van der Waals surface area contributed by atoms with Crippen molar-refractivity contribution in [2.75, 3.05) is 17.7 Å². The van der Waals surface area contributed by atoms with Crippen molar-refractivity contribution in [1.82, 2.24) is 9.97 Å². The second-order valence-corrected chi connectivity index (χ2v) is 5.01. The molecule has 6 nitrogen and oxygen atoms in total. The molecule has 6 heteroatoms. The summed E-state index contributed by atoms with van der Waals surface area (Å²) in [5.41, 5.74) is 7.40. The standard InChI is InChI=1S/C15H20N4O2/c1-10(2)19(8-11-6-4-5-7-12(11)16)14-13(21-3)15(20)18-9-17-14/h4-7,9-10H,8,16H2,1-3H3,(H,17,18,20). The summed E-state index contributed by atoms with van der Waals surface area (Å²) in [7, 11) is 1.46. The highest BCUT2D eigenvalue weighted by Crippen LogP contribution is 2.26. The Morgan fingerprint density at radius 1 is 1.38 bits per heavy atom. The molecule has 0 aliphatic carbocycles. The molecule has 0 radical (unpaired) electrons. The van der Waals surface area contributed by atoms with Crippen LogP contribution in [-0.2, 0) is 6.54 Å². The zero-order chi connectivity index (χ0) is 15.4. The van der Waals surface area contributed by atoms with Crippen LogP contribution in [0.3, 0.4) is 0 Å². The number of benzene rings is 1. The van der Waals surface area contributed by atoms with Gasteiger partial charge in [0.25, 0.3) is 5.56 Å². The molecule has 0 fully saturated rings. The van der Waals surface area contributed by atoms with E-state index in [1.807, 2.05) is 43.0 Å². The van der Waals surface area contributed by atoms with Crippen molar-refractivity contribution in [3.63, 3.8) is 0 Å². The smallest absolute Gasteiger partial charge is 0.295 e. The lowest BCUT2D eigenvalue weighted by atomic mass is 10.1. The van der Waals surface area contributed by atoms with E-state index in [9.17, 15) is 4.79 Å². The number of para-hydroxylation sites is 1. The van der Waals surface area contributed by atoms with Gasteiger partial charge in [0, 0.05) is 18.3 Å². The molecule has 2 rings (SSSR count). The highest BCUT2D eigenvalue weighted by atomic mass is 16.5. The third kappa shape index (κ3) is 3.16. The van der Waals surface area contributed by atoms with Crippen LogP contribution in [0, 0.1) is 0 Å². The lowest BCUT2D eigenvalue weighted by molar-refractivity contribution is 0.404. The Labute approximate surface area is 123 Å². The molecule has 1 aromatic carbocycles. The van der Waals surface area contributed by atoms with E-state index in [2.05, 4.69) is 9.97 Å². The second-order valence-electron chi connectivity index (χ2n) is 5.01. The maximum Gasteiger partial charge on any atom is 0.295 e. The molecule has 0 aliphatic rings. The van der Waals surface area contributed by atoms with Gasteiger partial charge in [-0.3, -0.25) is 4.79 Å². The fourth-order valence-electron chi connectivity index (χ4n) is 2.13. The average molecular weight is 288 g/mol. The number of methoxy groups -OCH3 is 1. The maximum atomic E-state index is 11.8. The molecule has 0 saturated carbocycles. The lowest BCUT2D eigenvalue weighted by Gasteiger charge is -2.29. The number of rotatable bonds is 5. The number of nitrogens with two attached hydrogens (primary N) is 1. The Hall–Kier alpha value is -2.50. The maximum absolute atomic E-state index is 11.8. The minimum Gasteiger partial charge on any atom is -0.489 e. The van der Waals surface area contributed by atoms with Crippen LogP contribution in [0.25, 0.3) is 0 Å². The quantitative estimate of drug-likeness (QED) is 0.819. The van der Waals surface area contributed by atoms with Gasteiger partial charge in [0.15, 0.2) is 5.82 Å². The van der Waals surface area contributed by atoms with Crippen LogP contribution in [0.15, 0.2) is 35.4 Å². The monoisotopic (exact) mass is 288 g/mol. The number of hydrogen-bond acceptors (Lipinski definition) is 5. The van der Waals surface area contributed by atoms with Crippen LogP contribution < -0.4 is 20.9 Å². The second kappa shape index (κ2) is 6.30. The van der Waals surface area contributed by atoms with Gasteiger partial charge in [-0.15, -0.1) is 0 Å². The molecule has 0 atom stereocenters. The minimum absolute atomic E-state index is 0.132. The van der Waals surface area contributed by atoms with E-state index in [4.69, 9.17) is 10.5 Å². The molecule has 1 aromatic heterocycles. The summed E-state index contributed by atoms with van der Waals surface area (Å²) in [6.07, 6.45) is 1.38. The minimum atomic E-state index is -0.297. The van der Waals surface area contributed by atoms with Crippen molar-refractivity contribution in [1.29, 1.82) is 0 Å². The number of H-pyrrole nitrogens is 1. The van der Waals surface area contributed by atoms with Gasteiger partial charge in [0.1, 0.15) is 0 Å². The van der Waals surface area contributed by atoms with Crippen molar-refractivity contribution in [3.05, 3.63) is 46.5 Å². The van der Waals surface area contributed by atoms with Crippen molar-refractivity contribution in [2.45, 2.75) is 26.4 Å². The lowest BCUT2D eigenvalue weighted by Crippen LogP contribution is -2.33. The highest BCUT2D eigenvalue weighted by Gasteiger charge is 2.20. The molecule has 0 saturated heterocycles. The zero-order valence-electron chi connectivity index (χ0n) is 12.5. The normalized spacial score (nSPS) is 10.7. The Balaban J connectivity index is 2.43. The van der Waals surface area contributed by atoms with Crippen LogP contribution >= 0.6 is 0 Å². The molecule has 0 amide bonds. The van der Waals surface area contributed by atoms with E-state index in [1.54, 1.807) is 0 Å². The Kier molecular flexibility index (Phi) is 4.47. The first kappa shape index (κ1) is 14.9. The van der Waals surface area contributed by atoms with E-state index in [0.717, 1.165) is 5.56 Å². The average Bonchev–Trinajstić information content (AvgIpc) is 2.46. The van der Waals surface area contributed by atoms with E-state index >= 15 is 0 Å². The number of nitrogens with zero attached hydrogens (tertiary/aromatic N) is 2. The number of nitrogens with one attached hydrogen (secondary N) is 1. The molecule has 21 heavy (non-hydrogen) atoms. The van der Waals surface area contributed by atoms with Gasteiger partial charge in [0.2, 0.25) is 5.75 Å². The van der Waals surface area contributed by atoms with Gasteiger partial charge in [-0.25, -0.2) is 4.98 Å². The number of aromatic nitrogens is 2. The summed E-state index contributed by atoms with van der Waals surface area (Å²) in [6.45, 7) is 4.61. The molecule has 3 N–H and O–H groups in total. The Morgan fingerprint density at radius 2 is 2.10 bits per heavy atom. The molecule has 112 valence electrons. The van der Waals surface area contributed by atoms with E-state index in [0.29, 0.717) is 18.1 Å². The van der Waals surface area contributed by atoms with Crippen LogP contribution in [-0.4, -0.2) is 23.1 Å². The summed E-state index contributed by atoms with van der Waals surface area (Å²) in [6, 6.07) is 7.78. The van der Waals surface area contributed by atoms with Gasteiger partial charge in [-0.1, -0.05) is 18.2 Å². The summed E-state index contributed by atoms with van der Waals surface area (Å²) >= 11 is 0. The van der Waals surface area contributed by atoms with Crippen molar-refractivity contribution < 1.29 is 4.74 Å². The van der Waals surface area contributed by atoms with Crippen LogP contribution in [0.2, 0.25) is 0 Å². The van der Waals surface area contributed by atoms with E-state index in [1.165, 1.54) is 13.4 Å². The molecule has 0 aliphatic heterocycles. The number of aromatic amines is 1. The molecule has 0 spiro atoms. The third-order valence-corrected chi connectivity index (χ3v) is 3.29. The van der Waals surface area contributed by atoms with Crippen molar-refractivity contribution >= 4 is 11.5 Å². The van der Waals surface area contributed by atoms with Gasteiger partial charge in [-0.05, 0) is 25.5 Å². The highest BCUT2D eigenvalue weighted by molar-refractivity contribution is 5.54. The molecule has 1 heterocycles. The third-order valence-electron chi connectivity index (χ3n) is 3.29. The van der Waals surface area contributed by atoms with Crippen LogP contribution in [0.1, 0.15) is 19.4 Å².